The third kappa shape index (κ3) is 7.01. The summed E-state index contributed by atoms with van der Waals surface area (Å²) in [4.78, 5) is 23.9. The lowest BCUT2D eigenvalue weighted by Gasteiger charge is -2.11. The molecule has 2 rings (SSSR count). The van der Waals surface area contributed by atoms with Crippen LogP contribution in [0.2, 0.25) is 0 Å². The molecule has 6 heteroatoms. The van der Waals surface area contributed by atoms with Crippen molar-refractivity contribution in [2.45, 2.75) is 26.7 Å². The summed E-state index contributed by atoms with van der Waals surface area (Å²) in [5, 5.41) is 5.35. The van der Waals surface area contributed by atoms with Crippen molar-refractivity contribution in [1.29, 1.82) is 0 Å². The van der Waals surface area contributed by atoms with Gasteiger partial charge in [-0.3, -0.25) is 9.59 Å². The van der Waals surface area contributed by atoms with Crippen LogP contribution in [0.15, 0.2) is 48.5 Å². The molecule has 0 aliphatic carbocycles. The Balaban J connectivity index is 1.71. The number of nitrogens with one attached hydrogen (secondary N) is 2. The molecule has 0 saturated carbocycles. The Morgan fingerprint density at radius 1 is 0.889 bits per heavy atom. The van der Waals surface area contributed by atoms with Gasteiger partial charge in [-0.1, -0.05) is 32.0 Å². The first-order valence-corrected chi connectivity index (χ1v) is 9.12. The Morgan fingerprint density at radius 3 is 2.22 bits per heavy atom. The van der Waals surface area contributed by atoms with Crippen LogP contribution in [0.25, 0.3) is 0 Å². The van der Waals surface area contributed by atoms with Gasteiger partial charge in [-0.2, -0.15) is 0 Å². The van der Waals surface area contributed by atoms with E-state index in [1.807, 2.05) is 38.1 Å². The molecule has 0 bridgehead atoms. The van der Waals surface area contributed by atoms with E-state index in [-0.39, 0.29) is 25.0 Å². The molecule has 0 unspecified atom stereocenters. The fraction of sp³-hybridized carbons (Fsp3) is 0.333. The molecule has 0 aromatic heterocycles. The van der Waals surface area contributed by atoms with Crippen LogP contribution in [0.1, 0.15) is 25.8 Å². The van der Waals surface area contributed by atoms with Crippen molar-refractivity contribution < 1.29 is 19.1 Å². The molecule has 27 heavy (non-hydrogen) atoms. The number of hydrogen-bond acceptors (Lipinski definition) is 4. The van der Waals surface area contributed by atoms with Gasteiger partial charge in [0.1, 0.15) is 11.5 Å². The van der Waals surface area contributed by atoms with Gasteiger partial charge < -0.3 is 20.1 Å². The van der Waals surface area contributed by atoms with E-state index < -0.39 is 0 Å². The van der Waals surface area contributed by atoms with E-state index in [4.69, 9.17) is 9.47 Å². The summed E-state index contributed by atoms with van der Waals surface area (Å²) in [5.74, 6) is 0.690. The molecule has 0 aliphatic rings. The molecule has 0 spiro atoms. The lowest BCUT2D eigenvalue weighted by Crippen LogP contribution is -2.35. The second-order valence-corrected chi connectivity index (χ2v) is 5.94. The first-order valence-electron chi connectivity index (χ1n) is 9.12. The molecule has 0 atom stereocenters. The maximum absolute atomic E-state index is 12.0. The van der Waals surface area contributed by atoms with Gasteiger partial charge >= 0.3 is 0 Å². The van der Waals surface area contributed by atoms with E-state index in [1.165, 1.54) is 0 Å². The molecule has 0 aliphatic heterocycles. The SMILES string of the molecule is CCCOc1ccc(OCC(=O)NCC(=O)Nc2ccccc2CC)cc1. The average molecular weight is 370 g/mol. The molecule has 0 heterocycles. The molecule has 144 valence electrons. The largest absolute Gasteiger partial charge is 0.494 e. The van der Waals surface area contributed by atoms with Gasteiger partial charge in [0, 0.05) is 5.69 Å². The van der Waals surface area contributed by atoms with Crippen molar-refractivity contribution in [1.82, 2.24) is 5.32 Å². The Bertz CT molecular complexity index is 744. The highest BCUT2D eigenvalue weighted by Crippen LogP contribution is 2.17. The fourth-order valence-electron chi connectivity index (χ4n) is 2.38. The molecule has 0 saturated heterocycles. The number of hydrogen-bond donors (Lipinski definition) is 2. The van der Waals surface area contributed by atoms with Crippen LogP contribution in [0, 0.1) is 0 Å². The predicted octanol–water partition coefficient (Wildman–Crippen LogP) is 3.17. The lowest BCUT2D eigenvalue weighted by atomic mass is 10.1. The van der Waals surface area contributed by atoms with Crippen LogP contribution in [0.5, 0.6) is 11.5 Å². The number of para-hydroxylation sites is 1. The summed E-state index contributed by atoms with van der Waals surface area (Å²) < 4.78 is 10.9. The van der Waals surface area contributed by atoms with Crippen molar-refractivity contribution in [3.8, 4) is 11.5 Å². The molecule has 0 fully saturated rings. The third-order valence-corrected chi connectivity index (χ3v) is 3.78. The number of amides is 2. The molecular weight excluding hydrogens is 344 g/mol. The fourth-order valence-corrected chi connectivity index (χ4v) is 2.38. The highest BCUT2D eigenvalue weighted by Gasteiger charge is 2.08. The standard InChI is InChI=1S/C21H26N2O4/c1-3-13-26-17-9-11-18(12-10-17)27-15-21(25)22-14-20(24)23-19-8-6-5-7-16(19)4-2/h5-12H,3-4,13-15H2,1-2H3,(H,22,25)(H,23,24). The average Bonchev–Trinajstić information content (AvgIpc) is 2.70. The molecular formula is C21H26N2O4. The monoisotopic (exact) mass is 370 g/mol. The van der Waals surface area contributed by atoms with E-state index in [9.17, 15) is 9.59 Å². The summed E-state index contributed by atoms with van der Waals surface area (Å²) in [7, 11) is 0. The number of carbonyl (C=O) groups excluding carboxylic acids is 2. The van der Waals surface area contributed by atoms with Crippen molar-refractivity contribution >= 4 is 17.5 Å². The zero-order valence-electron chi connectivity index (χ0n) is 15.8. The van der Waals surface area contributed by atoms with Gasteiger partial charge in [-0.25, -0.2) is 0 Å². The molecule has 2 aromatic rings. The van der Waals surface area contributed by atoms with Gasteiger partial charge in [-0.05, 0) is 48.7 Å². The molecule has 0 radical (unpaired) electrons. The maximum atomic E-state index is 12.0. The van der Waals surface area contributed by atoms with Gasteiger partial charge in [-0.15, -0.1) is 0 Å². The second-order valence-electron chi connectivity index (χ2n) is 5.94. The zero-order valence-corrected chi connectivity index (χ0v) is 15.8. The molecule has 6 nitrogen and oxygen atoms in total. The van der Waals surface area contributed by atoms with Crippen LogP contribution in [0.3, 0.4) is 0 Å². The van der Waals surface area contributed by atoms with E-state index in [0.717, 1.165) is 29.8 Å². The summed E-state index contributed by atoms with van der Waals surface area (Å²) in [5.41, 5.74) is 1.81. The highest BCUT2D eigenvalue weighted by atomic mass is 16.5. The summed E-state index contributed by atoms with van der Waals surface area (Å²) >= 11 is 0. The van der Waals surface area contributed by atoms with Gasteiger partial charge in [0.15, 0.2) is 6.61 Å². The molecule has 2 N–H and O–H groups in total. The number of ether oxygens (including phenoxy) is 2. The van der Waals surface area contributed by atoms with E-state index >= 15 is 0 Å². The topological polar surface area (TPSA) is 76.7 Å². The number of carbonyl (C=O) groups is 2. The van der Waals surface area contributed by atoms with Crippen LogP contribution in [-0.2, 0) is 16.0 Å². The minimum absolute atomic E-state index is 0.107. The quantitative estimate of drug-likeness (QED) is 0.673. The highest BCUT2D eigenvalue weighted by molar-refractivity contribution is 5.95. The van der Waals surface area contributed by atoms with Gasteiger partial charge in [0.25, 0.3) is 5.91 Å². The summed E-state index contributed by atoms with van der Waals surface area (Å²) in [6.07, 6.45) is 1.76. The number of anilines is 1. The predicted molar refractivity (Wildman–Crippen MR) is 105 cm³/mol. The number of rotatable bonds is 10. The lowest BCUT2D eigenvalue weighted by molar-refractivity contribution is -0.125. The van der Waals surface area contributed by atoms with Crippen LogP contribution >= 0.6 is 0 Å². The number of benzene rings is 2. The number of aryl methyl sites for hydroxylation is 1. The van der Waals surface area contributed by atoms with Crippen molar-refractivity contribution in [2.75, 3.05) is 25.1 Å². The van der Waals surface area contributed by atoms with Crippen LogP contribution in [-0.4, -0.2) is 31.6 Å². The molecule has 2 amide bonds. The maximum Gasteiger partial charge on any atom is 0.258 e. The minimum atomic E-state index is -0.361. The Labute approximate surface area is 159 Å². The normalized spacial score (nSPS) is 10.1. The Hall–Kier alpha value is -3.02. The zero-order chi connectivity index (χ0) is 19.5. The third-order valence-electron chi connectivity index (χ3n) is 3.78. The van der Waals surface area contributed by atoms with Crippen LogP contribution < -0.4 is 20.1 Å². The molecule has 2 aromatic carbocycles. The second kappa shape index (κ2) is 10.9. The van der Waals surface area contributed by atoms with E-state index in [2.05, 4.69) is 10.6 Å². The van der Waals surface area contributed by atoms with E-state index in [1.54, 1.807) is 24.3 Å². The summed E-state index contributed by atoms with van der Waals surface area (Å²) in [6.45, 7) is 4.46. The Kier molecular flexibility index (Phi) is 8.16. The van der Waals surface area contributed by atoms with Gasteiger partial charge in [0.2, 0.25) is 5.91 Å². The first-order chi connectivity index (χ1) is 13.1. The van der Waals surface area contributed by atoms with Crippen molar-refractivity contribution in [3.05, 3.63) is 54.1 Å². The summed E-state index contributed by atoms with van der Waals surface area (Å²) in [6, 6.07) is 14.7. The van der Waals surface area contributed by atoms with Crippen molar-refractivity contribution in [3.63, 3.8) is 0 Å². The minimum Gasteiger partial charge on any atom is -0.494 e. The van der Waals surface area contributed by atoms with E-state index in [0.29, 0.717) is 12.4 Å². The van der Waals surface area contributed by atoms with Gasteiger partial charge in [0.05, 0.1) is 13.2 Å². The van der Waals surface area contributed by atoms with Crippen molar-refractivity contribution in [2.24, 2.45) is 0 Å². The smallest absolute Gasteiger partial charge is 0.258 e. The van der Waals surface area contributed by atoms with Crippen LogP contribution in [0.4, 0.5) is 5.69 Å². The first kappa shape index (κ1) is 20.3. The Morgan fingerprint density at radius 2 is 1.56 bits per heavy atom.